The molecule has 1 aliphatic rings. The molecule has 2 N–H and O–H groups in total. The lowest BCUT2D eigenvalue weighted by molar-refractivity contribution is -0.132. The van der Waals surface area contributed by atoms with Gasteiger partial charge in [-0.05, 0) is 37.0 Å². The van der Waals surface area contributed by atoms with E-state index in [4.69, 9.17) is 5.73 Å². The van der Waals surface area contributed by atoms with Crippen molar-refractivity contribution in [2.75, 3.05) is 0 Å². The fourth-order valence-electron chi connectivity index (χ4n) is 2.41. The van der Waals surface area contributed by atoms with Gasteiger partial charge in [-0.1, -0.05) is 25.5 Å². The fourth-order valence-corrected chi connectivity index (χ4v) is 2.41. The van der Waals surface area contributed by atoms with Gasteiger partial charge < -0.3 is 10.6 Å². The number of carbonyl (C=O) groups excluding carboxylic acids is 1. The third-order valence-corrected chi connectivity index (χ3v) is 3.67. The molecule has 1 unspecified atom stereocenters. The molecule has 2 rings (SSSR count). The number of hydrogen-bond acceptors (Lipinski definition) is 2. The molecule has 1 aromatic rings. The minimum atomic E-state index is -0.247. The number of benzene rings is 1. The summed E-state index contributed by atoms with van der Waals surface area (Å²) in [5.74, 6) is -0.124. The first-order valence-corrected chi connectivity index (χ1v) is 7.39. The molecule has 0 aliphatic heterocycles. The lowest BCUT2D eigenvalue weighted by atomic mass is 10.1. The molecule has 0 saturated heterocycles. The van der Waals surface area contributed by atoms with Crippen LogP contribution in [0.4, 0.5) is 4.39 Å². The Morgan fingerprint density at radius 2 is 2.05 bits per heavy atom. The topological polar surface area (TPSA) is 46.3 Å². The smallest absolute Gasteiger partial charge is 0.224 e. The van der Waals surface area contributed by atoms with Crippen LogP contribution >= 0.6 is 0 Å². The van der Waals surface area contributed by atoms with Crippen LogP contribution in [0.3, 0.4) is 0 Å². The summed E-state index contributed by atoms with van der Waals surface area (Å²) < 4.78 is 12.9. The van der Waals surface area contributed by atoms with Crippen LogP contribution in [0, 0.1) is 5.82 Å². The van der Waals surface area contributed by atoms with Crippen molar-refractivity contribution in [3.63, 3.8) is 0 Å². The molecule has 4 heteroatoms. The van der Waals surface area contributed by atoms with Crippen LogP contribution < -0.4 is 5.73 Å². The zero-order valence-corrected chi connectivity index (χ0v) is 12.0. The highest BCUT2D eigenvalue weighted by molar-refractivity contribution is 5.77. The fraction of sp³-hybridized carbons (Fsp3) is 0.562. The van der Waals surface area contributed by atoms with Crippen molar-refractivity contribution >= 4 is 5.91 Å². The summed E-state index contributed by atoms with van der Waals surface area (Å²) in [7, 11) is 0. The summed E-state index contributed by atoms with van der Waals surface area (Å²) in [4.78, 5) is 14.3. The van der Waals surface area contributed by atoms with Crippen LogP contribution in [0.1, 0.15) is 44.6 Å². The van der Waals surface area contributed by atoms with Crippen LogP contribution in [-0.2, 0) is 11.3 Å². The van der Waals surface area contributed by atoms with Gasteiger partial charge in [-0.3, -0.25) is 4.79 Å². The predicted octanol–water partition coefficient (Wildman–Crippen LogP) is 2.83. The van der Waals surface area contributed by atoms with Crippen LogP contribution in [0.25, 0.3) is 0 Å². The van der Waals surface area contributed by atoms with E-state index in [1.54, 1.807) is 12.1 Å². The molecule has 0 aromatic heterocycles. The molecular weight excluding hydrogens is 255 g/mol. The van der Waals surface area contributed by atoms with Gasteiger partial charge in [0.05, 0.1) is 0 Å². The van der Waals surface area contributed by atoms with E-state index in [0.717, 1.165) is 31.2 Å². The number of nitrogens with two attached hydrogens (primary N) is 1. The molecule has 0 spiro atoms. The van der Waals surface area contributed by atoms with Crippen LogP contribution in [0.15, 0.2) is 24.3 Å². The number of amides is 1. The second-order valence-corrected chi connectivity index (χ2v) is 5.63. The molecule has 1 aromatic carbocycles. The molecule has 1 aliphatic carbocycles. The van der Waals surface area contributed by atoms with Gasteiger partial charge in [-0.15, -0.1) is 0 Å². The number of rotatable bonds is 7. The van der Waals surface area contributed by atoms with Gasteiger partial charge >= 0.3 is 0 Å². The molecule has 0 heterocycles. The van der Waals surface area contributed by atoms with Gasteiger partial charge in [-0.2, -0.15) is 0 Å². The van der Waals surface area contributed by atoms with Crippen LogP contribution in [-0.4, -0.2) is 22.9 Å². The number of hydrogen-bond donors (Lipinski definition) is 1. The molecule has 1 atom stereocenters. The van der Waals surface area contributed by atoms with Crippen molar-refractivity contribution in [3.05, 3.63) is 35.6 Å². The maximum atomic E-state index is 12.9. The SMILES string of the molecule is CCCC(N)CC(=O)N(Cc1ccc(F)cc1)C1CC1. The summed E-state index contributed by atoms with van der Waals surface area (Å²) in [5, 5.41) is 0. The first-order chi connectivity index (χ1) is 9.60. The maximum absolute atomic E-state index is 12.9. The van der Waals surface area contributed by atoms with E-state index in [0.29, 0.717) is 19.0 Å². The van der Waals surface area contributed by atoms with Gasteiger partial charge in [0.25, 0.3) is 0 Å². The Morgan fingerprint density at radius 1 is 1.40 bits per heavy atom. The molecule has 1 amide bonds. The van der Waals surface area contributed by atoms with Gasteiger partial charge in [0.1, 0.15) is 5.82 Å². The van der Waals surface area contributed by atoms with E-state index in [1.807, 2.05) is 4.90 Å². The third-order valence-electron chi connectivity index (χ3n) is 3.67. The van der Waals surface area contributed by atoms with Gasteiger partial charge in [0.15, 0.2) is 0 Å². The van der Waals surface area contributed by atoms with Gasteiger partial charge in [-0.25, -0.2) is 4.39 Å². The molecule has 3 nitrogen and oxygen atoms in total. The average molecular weight is 278 g/mol. The summed E-state index contributed by atoms with van der Waals surface area (Å²) in [6.07, 6.45) is 4.41. The van der Waals surface area contributed by atoms with Crippen molar-refractivity contribution in [2.24, 2.45) is 5.73 Å². The Bertz CT molecular complexity index is 442. The first-order valence-electron chi connectivity index (χ1n) is 7.39. The normalized spacial score (nSPS) is 15.9. The second kappa shape index (κ2) is 6.84. The quantitative estimate of drug-likeness (QED) is 0.833. The monoisotopic (exact) mass is 278 g/mol. The van der Waals surface area contributed by atoms with E-state index in [9.17, 15) is 9.18 Å². The van der Waals surface area contributed by atoms with E-state index >= 15 is 0 Å². The Morgan fingerprint density at radius 3 is 2.60 bits per heavy atom. The summed E-state index contributed by atoms with van der Waals surface area (Å²) in [6.45, 7) is 2.63. The lowest BCUT2D eigenvalue weighted by Gasteiger charge is -2.24. The van der Waals surface area contributed by atoms with Crippen molar-refractivity contribution in [2.45, 2.75) is 57.7 Å². The number of carbonyl (C=O) groups is 1. The van der Waals surface area contributed by atoms with Crippen LogP contribution in [0.5, 0.6) is 0 Å². The molecular formula is C16H23FN2O. The van der Waals surface area contributed by atoms with Gasteiger partial charge in [0.2, 0.25) is 5.91 Å². The predicted molar refractivity (Wildman–Crippen MR) is 77.5 cm³/mol. The number of nitrogens with zero attached hydrogens (tertiary/aromatic N) is 1. The third kappa shape index (κ3) is 4.30. The van der Waals surface area contributed by atoms with Gasteiger partial charge in [0, 0.05) is 25.0 Å². The maximum Gasteiger partial charge on any atom is 0.224 e. The van der Waals surface area contributed by atoms with E-state index in [2.05, 4.69) is 6.92 Å². The highest BCUT2D eigenvalue weighted by atomic mass is 19.1. The average Bonchev–Trinajstić information content (AvgIpc) is 3.22. The van der Waals surface area contributed by atoms with Crippen molar-refractivity contribution in [3.8, 4) is 0 Å². The highest BCUT2D eigenvalue weighted by Gasteiger charge is 2.32. The Hall–Kier alpha value is -1.42. The molecule has 0 radical (unpaired) electrons. The number of halogens is 1. The zero-order valence-electron chi connectivity index (χ0n) is 12.0. The van der Waals surface area contributed by atoms with Crippen molar-refractivity contribution < 1.29 is 9.18 Å². The minimum absolute atomic E-state index is 0.0537. The largest absolute Gasteiger partial charge is 0.335 e. The summed E-state index contributed by atoms with van der Waals surface area (Å²) in [5.41, 5.74) is 6.93. The lowest BCUT2D eigenvalue weighted by Crippen LogP contribution is -2.37. The highest BCUT2D eigenvalue weighted by Crippen LogP contribution is 2.29. The van der Waals surface area contributed by atoms with Crippen LogP contribution in [0.2, 0.25) is 0 Å². The van der Waals surface area contributed by atoms with E-state index in [1.165, 1.54) is 12.1 Å². The summed E-state index contributed by atoms with van der Waals surface area (Å²) >= 11 is 0. The standard InChI is InChI=1S/C16H23FN2O/c1-2-3-14(18)10-16(20)19(15-8-9-15)11-12-4-6-13(17)7-5-12/h4-7,14-15H,2-3,8-11,18H2,1H3. The van der Waals surface area contributed by atoms with Crippen molar-refractivity contribution in [1.82, 2.24) is 4.90 Å². The van der Waals surface area contributed by atoms with E-state index < -0.39 is 0 Å². The molecule has 110 valence electrons. The second-order valence-electron chi connectivity index (χ2n) is 5.63. The minimum Gasteiger partial charge on any atom is -0.335 e. The van der Waals surface area contributed by atoms with Crippen molar-refractivity contribution in [1.29, 1.82) is 0 Å². The van der Waals surface area contributed by atoms with E-state index in [-0.39, 0.29) is 17.8 Å². The Balaban J connectivity index is 1.96. The summed E-state index contributed by atoms with van der Waals surface area (Å²) in [6, 6.07) is 6.65. The first kappa shape index (κ1) is 15.0. The molecule has 0 bridgehead atoms. The molecule has 1 saturated carbocycles. The zero-order chi connectivity index (χ0) is 14.5. The molecule has 1 fully saturated rings. The molecule has 20 heavy (non-hydrogen) atoms. The Kier molecular flexibility index (Phi) is 5.12. The Labute approximate surface area is 120 Å².